The zero-order chi connectivity index (χ0) is 19.2. The van der Waals surface area contributed by atoms with Gasteiger partial charge in [0.2, 0.25) is 0 Å². The Hall–Kier alpha value is -3.21. The molecular weight excluding hydrogens is 336 g/mol. The highest BCUT2D eigenvalue weighted by Crippen LogP contribution is 2.28. The highest BCUT2D eigenvalue weighted by molar-refractivity contribution is 6.12. The summed E-state index contributed by atoms with van der Waals surface area (Å²) in [6.07, 6.45) is 4.46. The van der Waals surface area contributed by atoms with E-state index >= 15 is 0 Å². The van der Waals surface area contributed by atoms with Gasteiger partial charge in [-0.1, -0.05) is 62.2 Å². The number of aryl methyl sites for hydroxylation is 1. The molecule has 0 bridgehead atoms. The van der Waals surface area contributed by atoms with E-state index in [-0.39, 0.29) is 5.96 Å². The number of nitrogens with one attached hydrogen (secondary N) is 2. The van der Waals surface area contributed by atoms with Crippen molar-refractivity contribution in [3.63, 3.8) is 0 Å². The minimum Gasteiger partial charge on any atom is -0.370 e. The molecule has 5 nitrogen and oxygen atoms in total. The van der Waals surface area contributed by atoms with Gasteiger partial charge in [-0.25, -0.2) is 4.98 Å². The van der Waals surface area contributed by atoms with Gasteiger partial charge in [-0.2, -0.15) is 0 Å². The fourth-order valence-corrected chi connectivity index (χ4v) is 3.24. The van der Waals surface area contributed by atoms with Crippen molar-refractivity contribution in [2.75, 3.05) is 0 Å². The van der Waals surface area contributed by atoms with Crippen molar-refractivity contribution in [3.8, 4) is 11.3 Å². The van der Waals surface area contributed by atoms with Crippen LogP contribution in [0.4, 0.5) is 0 Å². The maximum absolute atomic E-state index is 12.6. The molecule has 2 aromatic carbocycles. The van der Waals surface area contributed by atoms with Crippen molar-refractivity contribution in [1.82, 2.24) is 10.3 Å². The molecule has 1 aromatic heterocycles. The molecule has 0 spiro atoms. The number of pyridine rings is 1. The minimum absolute atomic E-state index is 0.373. The summed E-state index contributed by atoms with van der Waals surface area (Å²) in [7, 11) is 0. The first-order valence-electron chi connectivity index (χ1n) is 9.23. The van der Waals surface area contributed by atoms with Crippen LogP contribution in [0, 0.1) is 5.41 Å². The maximum atomic E-state index is 12.6. The highest BCUT2D eigenvalue weighted by atomic mass is 16.1. The first-order valence-corrected chi connectivity index (χ1v) is 9.23. The molecule has 0 unspecified atom stereocenters. The predicted molar refractivity (Wildman–Crippen MR) is 110 cm³/mol. The molecule has 0 saturated heterocycles. The van der Waals surface area contributed by atoms with E-state index < -0.39 is 5.91 Å². The molecule has 0 aliphatic heterocycles. The number of amides is 1. The number of nitrogens with two attached hydrogens (primary N) is 1. The molecule has 4 N–H and O–H groups in total. The summed E-state index contributed by atoms with van der Waals surface area (Å²) in [5.41, 5.74) is 9.59. The van der Waals surface area contributed by atoms with Crippen molar-refractivity contribution < 1.29 is 4.79 Å². The van der Waals surface area contributed by atoms with E-state index in [2.05, 4.69) is 18.3 Å². The number of benzene rings is 2. The zero-order valence-electron chi connectivity index (χ0n) is 15.5. The van der Waals surface area contributed by atoms with Gasteiger partial charge in [-0.05, 0) is 30.5 Å². The Morgan fingerprint density at radius 3 is 2.63 bits per heavy atom. The summed E-state index contributed by atoms with van der Waals surface area (Å²) in [5.74, 6) is -0.770. The Bertz CT molecular complexity index is 981. The fourth-order valence-electron chi connectivity index (χ4n) is 3.24. The number of rotatable bonds is 6. The van der Waals surface area contributed by atoms with E-state index in [9.17, 15) is 4.79 Å². The van der Waals surface area contributed by atoms with Gasteiger partial charge in [0.25, 0.3) is 5.91 Å². The number of para-hydroxylation sites is 1. The van der Waals surface area contributed by atoms with E-state index in [1.54, 1.807) is 6.07 Å². The Morgan fingerprint density at radius 2 is 1.85 bits per heavy atom. The number of aromatic nitrogens is 1. The van der Waals surface area contributed by atoms with E-state index in [1.165, 1.54) is 18.4 Å². The first-order chi connectivity index (χ1) is 13.1. The summed E-state index contributed by atoms with van der Waals surface area (Å²) >= 11 is 0. The third-order valence-corrected chi connectivity index (χ3v) is 4.55. The van der Waals surface area contributed by atoms with Crippen molar-refractivity contribution in [2.24, 2.45) is 5.73 Å². The van der Waals surface area contributed by atoms with E-state index in [4.69, 9.17) is 16.1 Å². The van der Waals surface area contributed by atoms with Crippen molar-refractivity contribution >= 4 is 22.8 Å². The second-order valence-electron chi connectivity index (χ2n) is 6.55. The van der Waals surface area contributed by atoms with Gasteiger partial charge in [0.15, 0.2) is 5.96 Å². The maximum Gasteiger partial charge on any atom is 0.258 e. The Balaban J connectivity index is 2.11. The number of carbonyl (C=O) groups excluding carboxylic acids is 1. The second-order valence-corrected chi connectivity index (χ2v) is 6.55. The number of fused-ring (bicyclic) bond motifs is 1. The molecule has 0 saturated carbocycles. The molecule has 0 atom stereocenters. The Labute approximate surface area is 159 Å². The number of guanidine groups is 1. The van der Waals surface area contributed by atoms with Gasteiger partial charge >= 0.3 is 0 Å². The molecule has 1 heterocycles. The van der Waals surface area contributed by atoms with Gasteiger partial charge in [0.05, 0.1) is 16.8 Å². The third-order valence-electron chi connectivity index (χ3n) is 4.55. The third kappa shape index (κ3) is 4.31. The molecule has 0 radical (unpaired) electrons. The molecule has 0 aliphatic carbocycles. The van der Waals surface area contributed by atoms with Crippen LogP contribution in [0.1, 0.15) is 42.1 Å². The SMILES string of the molecule is CCCCCc1ccccc1-c1cc(C(=O)NC(=N)N)c2ccccc2n1. The number of carbonyl (C=O) groups is 1. The fraction of sp³-hybridized carbons (Fsp3) is 0.227. The Morgan fingerprint density at radius 1 is 1.11 bits per heavy atom. The zero-order valence-corrected chi connectivity index (χ0v) is 15.5. The van der Waals surface area contributed by atoms with Gasteiger partial charge in [-0.15, -0.1) is 0 Å². The van der Waals surface area contributed by atoms with Crippen molar-refractivity contribution in [2.45, 2.75) is 32.6 Å². The molecule has 27 heavy (non-hydrogen) atoms. The van der Waals surface area contributed by atoms with Gasteiger partial charge in [0.1, 0.15) is 0 Å². The van der Waals surface area contributed by atoms with Crippen LogP contribution in [0.2, 0.25) is 0 Å². The van der Waals surface area contributed by atoms with Gasteiger partial charge in [-0.3, -0.25) is 15.5 Å². The van der Waals surface area contributed by atoms with Crippen LogP contribution in [0.5, 0.6) is 0 Å². The second kappa shape index (κ2) is 8.45. The normalized spacial score (nSPS) is 10.7. The molecule has 0 fully saturated rings. The molecule has 138 valence electrons. The van der Waals surface area contributed by atoms with Gasteiger partial charge in [0, 0.05) is 10.9 Å². The predicted octanol–water partition coefficient (Wildman–Crippen LogP) is 4.26. The smallest absolute Gasteiger partial charge is 0.258 e. The first kappa shape index (κ1) is 18.6. The summed E-state index contributed by atoms with van der Waals surface area (Å²) in [4.78, 5) is 17.4. The van der Waals surface area contributed by atoms with Crippen LogP contribution in [0.3, 0.4) is 0 Å². The van der Waals surface area contributed by atoms with Crippen molar-refractivity contribution in [1.29, 1.82) is 5.41 Å². The topological polar surface area (TPSA) is 91.9 Å². The van der Waals surface area contributed by atoms with E-state index in [0.29, 0.717) is 5.56 Å². The van der Waals surface area contributed by atoms with Gasteiger partial charge < -0.3 is 5.73 Å². The number of hydrogen-bond donors (Lipinski definition) is 3. The van der Waals surface area contributed by atoms with Crippen molar-refractivity contribution in [3.05, 3.63) is 65.7 Å². The van der Waals surface area contributed by atoms with Crippen LogP contribution < -0.4 is 11.1 Å². The number of unbranched alkanes of at least 4 members (excludes halogenated alkanes) is 2. The highest BCUT2D eigenvalue weighted by Gasteiger charge is 2.15. The number of nitrogens with zero attached hydrogens (tertiary/aromatic N) is 1. The molecular formula is C22H24N4O. The lowest BCUT2D eigenvalue weighted by Crippen LogP contribution is -2.35. The largest absolute Gasteiger partial charge is 0.370 e. The molecule has 1 amide bonds. The Kier molecular flexibility index (Phi) is 5.81. The molecule has 3 aromatic rings. The number of hydrogen-bond acceptors (Lipinski definition) is 3. The monoisotopic (exact) mass is 360 g/mol. The van der Waals surface area contributed by atoms with Crippen LogP contribution in [-0.2, 0) is 6.42 Å². The van der Waals surface area contributed by atoms with Crippen LogP contribution >= 0.6 is 0 Å². The lowest BCUT2D eigenvalue weighted by Gasteiger charge is -2.13. The molecule has 5 heteroatoms. The van der Waals surface area contributed by atoms with E-state index in [0.717, 1.165) is 35.0 Å². The van der Waals surface area contributed by atoms with Crippen LogP contribution in [-0.4, -0.2) is 16.9 Å². The standard InChI is InChI=1S/C22H24N4O/c1-2-3-4-9-15-10-5-6-11-16(15)20-14-18(21(27)26-22(23)24)17-12-7-8-13-19(17)25-20/h5-8,10-14H,2-4,9H2,1H3,(H4,23,24,26,27). The molecule has 0 aliphatic rings. The van der Waals surface area contributed by atoms with E-state index in [1.807, 2.05) is 42.5 Å². The van der Waals surface area contributed by atoms with Crippen LogP contribution in [0.15, 0.2) is 54.6 Å². The summed E-state index contributed by atoms with van der Waals surface area (Å²) in [6, 6.07) is 17.5. The molecule has 3 rings (SSSR count). The summed E-state index contributed by atoms with van der Waals surface area (Å²) in [6.45, 7) is 2.19. The summed E-state index contributed by atoms with van der Waals surface area (Å²) in [5, 5.41) is 10.5. The minimum atomic E-state index is -0.397. The van der Waals surface area contributed by atoms with Crippen LogP contribution in [0.25, 0.3) is 22.2 Å². The summed E-state index contributed by atoms with van der Waals surface area (Å²) < 4.78 is 0. The average Bonchev–Trinajstić information content (AvgIpc) is 2.67. The lowest BCUT2D eigenvalue weighted by molar-refractivity contribution is 0.0978. The average molecular weight is 360 g/mol. The lowest BCUT2D eigenvalue weighted by atomic mass is 9.97. The quantitative estimate of drug-likeness (QED) is 0.348.